The van der Waals surface area contributed by atoms with Crippen LogP contribution in [0.3, 0.4) is 0 Å². The largest absolute Gasteiger partial charge is 0.508 e. The Hall–Kier alpha value is -2.34. The van der Waals surface area contributed by atoms with E-state index in [1.54, 1.807) is 24.3 Å². The zero-order valence-corrected chi connectivity index (χ0v) is 8.31. The number of phenols is 1. The Balaban J connectivity index is 2.55. The molecule has 2 rings (SSSR count). The summed E-state index contributed by atoms with van der Waals surface area (Å²) in [6.45, 7) is 0. The molecule has 0 heterocycles. The highest BCUT2D eigenvalue weighted by molar-refractivity contribution is 5.66. The molecule has 0 spiro atoms. The molecular formula is C13H8FNO. The van der Waals surface area contributed by atoms with Gasteiger partial charge in [-0.15, -0.1) is 0 Å². The van der Waals surface area contributed by atoms with Crippen LogP contribution in [0, 0.1) is 17.1 Å². The quantitative estimate of drug-likeness (QED) is 0.791. The molecule has 2 aromatic rings. The van der Waals surface area contributed by atoms with Crippen LogP contribution in [0.5, 0.6) is 5.75 Å². The topological polar surface area (TPSA) is 44.0 Å². The van der Waals surface area contributed by atoms with Crippen molar-refractivity contribution < 1.29 is 9.50 Å². The fourth-order valence-electron chi connectivity index (χ4n) is 1.49. The Morgan fingerprint density at radius 1 is 1.12 bits per heavy atom. The Bertz CT molecular complexity index is 572. The van der Waals surface area contributed by atoms with Crippen LogP contribution in [0.2, 0.25) is 0 Å². The summed E-state index contributed by atoms with van der Waals surface area (Å²) >= 11 is 0. The van der Waals surface area contributed by atoms with Crippen LogP contribution in [-0.4, -0.2) is 5.11 Å². The maximum atomic E-state index is 13.5. The van der Waals surface area contributed by atoms with E-state index < -0.39 is 5.82 Å². The van der Waals surface area contributed by atoms with Crippen molar-refractivity contribution in [1.29, 1.82) is 5.26 Å². The second-order valence-corrected chi connectivity index (χ2v) is 3.36. The fraction of sp³-hybridized carbons (Fsp3) is 0. The molecule has 0 aromatic heterocycles. The fourth-order valence-corrected chi connectivity index (χ4v) is 1.49. The van der Waals surface area contributed by atoms with E-state index in [0.717, 1.165) is 6.07 Å². The van der Waals surface area contributed by atoms with Crippen molar-refractivity contribution in [2.24, 2.45) is 0 Å². The van der Waals surface area contributed by atoms with Gasteiger partial charge in [-0.2, -0.15) is 5.26 Å². The molecule has 0 aliphatic heterocycles. The van der Waals surface area contributed by atoms with Crippen molar-refractivity contribution in [2.75, 3.05) is 0 Å². The first-order valence-electron chi connectivity index (χ1n) is 4.70. The van der Waals surface area contributed by atoms with Gasteiger partial charge in [0.25, 0.3) is 0 Å². The molecule has 16 heavy (non-hydrogen) atoms. The van der Waals surface area contributed by atoms with E-state index in [-0.39, 0.29) is 5.75 Å². The van der Waals surface area contributed by atoms with Crippen molar-refractivity contribution in [1.82, 2.24) is 0 Å². The molecule has 0 aliphatic rings. The Morgan fingerprint density at radius 2 is 1.94 bits per heavy atom. The van der Waals surface area contributed by atoms with Gasteiger partial charge in [0.15, 0.2) is 0 Å². The summed E-state index contributed by atoms with van der Waals surface area (Å²) in [5.74, 6) is -0.618. The average molecular weight is 213 g/mol. The van der Waals surface area contributed by atoms with Crippen LogP contribution in [0.25, 0.3) is 11.1 Å². The number of halogens is 1. The van der Waals surface area contributed by atoms with Gasteiger partial charge in [0.1, 0.15) is 11.6 Å². The average Bonchev–Trinajstić information content (AvgIpc) is 2.29. The SMILES string of the molecule is N#Cc1cccc(-c2ccc(O)cc2F)c1. The van der Waals surface area contributed by atoms with Crippen molar-refractivity contribution in [3.05, 3.63) is 53.8 Å². The van der Waals surface area contributed by atoms with Crippen LogP contribution in [-0.2, 0) is 0 Å². The van der Waals surface area contributed by atoms with Crippen molar-refractivity contribution in [2.45, 2.75) is 0 Å². The van der Waals surface area contributed by atoms with E-state index in [0.29, 0.717) is 16.7 Å². The zero-order chi connectivity index (χ0) is 11.5. The number of hydrogen-bond acceptors (Lipinski definition) is 2. The lowest BCUT2D eigenvalue weighted by Gasteiger charge is -2.04. The van der Waals surface area contributed by atoms with Crippen molar-refractivity contribution in [3.8, 4) is 22.9 Å². The van der Waals surface area contributed by atoms with Gasteiger partial charge in [-0.05, 0) is 29.8 Å². The van der Waals surface area contributed by atoms with Crippen molar-refractivity contribution >= 4 is 0 Å². The van der Waals surface area contributed by atoms with E-state index in [9.17, 15) is 4.39 Å². The molecule has 0 fully saturated rings. The molecule has 0 aliphatic carbocycles. The molecular weight excluding hydrogens is 205 g/mol. The van der Waals surface area contributed by atoms with Gasteiger partial charge in [0.05, 0.1) is 11.6 Å². The van der Waals surface area contributed by atoms with E-state index in [2.05, 4.69) is 0 Å². The molecule has 0 unspecified atom stereocenters. The number of rotatable bonds is 1. The van der Waals surface area contributed by atoms with E-state index in [4.69, 9.17) is 10.4 Å². The first-order chi connectivity index (χ1) is 7.70. The van der Waals surface area contributed by atoms with Gasteiger partial charge < -0.3 is 5.11 Å². The molecule has 0 radical (unpaired) electrons. The standard InChI is InChI=1S/C13H8FNO/c14-13-7-11(16)4-5-12(13)10-3-1-2-9(6-10)8-15/h1-7,16H. The molecule has 1 N–H and O–H groups in total. The maximum Gasteiger partial charge on any atom is 0.134 e. The summed E-state index contributed by atoms with van der Waals surface area (Å²) < 4.78 is 13.5. The molecule has 0 saturated carbocycles. The monoisotopic (exact) mass is 213 g/mol. The summed E-state index contributed by atoms with van der Waals surface area (Å²) in [6, 6.07) is 12.6. The van der Waals surface area contributed by atoms with E-state index in [1.165, 1.54) is 12.1 Å². The lowest BCUT2D eigenvalue weighted by Crippen LogP contribution is -1.85. The van der Waals surface area contributed by atoms with Crippen LogP contribution >= 0.6 is 0 Å². The summed E-state index contributed by atoms with van der Waals surface area (Å²) in [5.41, 5.74) is 1.47. The first-order valence-corrected chi connectivity index (χ1v) is 4.70. The molecule has 0 atom stereocenters. The molecule has 2 nitrogen and oxygen atoms in total. The molecule has 0 amide bonds. The van der Waals surface area contributed by atoms with Gasteiger partial charge in [0.2, 0.25) is 0 Å². The van der Waals surface area contributed by atoms with E-state index in [1.807, 2.05) is 6.07 Å². The van der Waals surface area contributed by atoms with Crippen LogP contribution in [0.1, 0.15) is 5.56 Å². The number of benzene rings is 2. The number of nitriles is 1. The normalized spacial score (nSPS) is 9.75. The number of phenolic OH excluding ortho intramolecular Hbond substituents is 1. The lowest BCUT2D eigenvalue weighted by atomic mass is 10.0. The summed E-state index contributed by atoms with van der Waals surface area (Å²) in [4.78, 5) is 0. The predicted octanol–water partition coefficient (Wildman–Crippen LogP) is 3.07. The number of hydrogen-bond donors (Lipinski definition) is 1. The van der Waals surface area contributed by atoms with Crippen LogP contribution < -0.4 is 0 Å². The maximum absolute atomic E-state index is 13.5. The van der Waals surface area contributed by atoms with Crippen LogP contribution in [0.4, 0.5) is 4.39 Å². The van der Waals surface area contributed by atoms with Gasteiger partial charge in [-0.25, -0.2) is 4.39 Å². The molecule has 2 aromatic carbocycles. The molecule has 0 bridgehead atoms. The minimum Gasteiger partial charge on any atom is -0.508 e. The van der Waals surface area contributed by atoms with Gasteiger partial charge in [-0.1, -0.05) is 12.1 Å². The second-order valence-electron chi connectivity index (χ2n) is 3.36. The third-order valence-electron chi connectivity index (χ3n) is 2.26. The molecule has 3 heteroatoms. The minimum atomic E-state index is -0.505. The number of nitrogens with zero attached hydrogens (tertiary/aromatic N) is 1. The third-order valence-corrected chi connectivity index (χ3v) is 2.26. The number of aromatic hydroxyl groups is 1. The van der Waals surface area contributed by atoms with Crippen molar-refractivity contribution in [3.63, 3.8) is 0 Å². The smallest absolute Gasteiger partial charge is 0.134 e. The second kappa shape index (κ2) is 4.03. The summed E-state index contributed by atoms with van der Waals surface area (Å²) in [6.07, 6.45) is 0. The Morgan fingerprint density at radius 3 is 2.62 bits per heavy atom. The predicted molar refractivity (Wildman–Crippen MR) is 58.2 cm³/mol. The van der Waals surface area contributed by atoms with Gasteiger partial charge in [0, 0.05) is 11.6 Å². The lowest BCUT2D eigenvalue weighted by molar-refractivity contribution is 0.469. The third kappa shape index (κ3) is 1.86. The Labute approximate surface area is 92.2 Å². The van der Waals surface area contributed by atoms with E-state index >= 15 is 0 Å². The minimum absolute atomic E-state index is 0.113. The molecule has 0 saturated heterocycles. The van der Waals surface area contributed by atoms with Crippen LogP contribution in [0.15, 0.2) is 42.5 Å². The van der Waals surface area contributed by atoms with Gasteiger partial charge in [-0.3, -0.25) is 0 Å². The highest BCUT2D eigenvalue weighted by Crippen LogP contribution is 2.26. The highest BCUT2D eigenvalue weighted by Gasteiger charge is 2.06. The molecule has 78 valence electrons. The highest BCUT2D eigenvalue weighted by atomic mass is 19.1. The Kier molecular flexibility index (Phi) is 2.57. The first kappa shape index (κ1) is 10.2. The summed E-state index contributed by atoms with van der Waals surface area (Å²) in [5, 5.41) is 17.8. The summed E-state index contributed by atoms with van der Waals surface area (Å²) in [7, 11) is 0. The van der Waals surface area contributed by atoms with Gasteiger partial charge >= 0.3 is 0 Å². The zero-order valence-electron chi connectivity index (χ0n) is 8.31.